The van der Waals surface area contributed by atoms with Crippen LogP contribution in [-0.4, -0.2) is 42.3 Å². The molecule has 0 fully saturated rings. The fourth-order valence-corrected chi connectivity index (χ4v) is 5.76. The van der Waals surface area contributed by atoms with E-state index in [9.17, 15) is 19.8 Å². The molecule has 1 heterocycles. The molecule has 39 heavy (non-hydrogen) atoms. The first kappa shape index (κ1) is 26.2. The standard InChI is InChI=1S/C31H33N3O5/c1-4-33(5-2)21-12-15-23(27(35)18-21)30-29-25(32-24-8-6-7-9-26(24)34(30)31(37)38)16-20(17-28(29)36)19-10-13-22(39-3)14-11-19/h6-15,18,20,30,32,35H,4-5,16-17H2,1-3H3,(H,37,38). The van der Waals surface area contributed by atoms with E-state index >= 15 is 0 Å². The highest BCUT2D eigenvalue weighted by Gasteiger charge is 2.42. The van der Waals surface area contributed by atoms with Crippen LogP contribution in [0.5, 0.6) is 11.5 Å². The summed E-state index contributed by atoms with van der Waals surface area (Å²) in [5, 5.41) is 25.1. The first-order chi connectivity index (χ1) is 18.9. The second-order valence-corrected chi connectivity index (χ2v) is 9.81. The molecule has 0 radical (unpaired) electrons. The fourth-order valence-electron chi connectivity index (χ4n) is 5.76. The van der Waals surface area contributed by atoms with Crippen LogP contribution in [0.3, 0.4) is 0 Å². The van der Waals surface area contributed by atoms with Gasteiger partial charge in [-0.25, -0.2) is 4.79 Å². The van der Waals surface area contributed by atoms with Crippen molar-refractivity contribution in [2.24, 2.45) is 0 Å². The van der Waals surface area contributed by atoms with Crippen molar-refractivity contribution in [3.05, 3.63) is 89.1 Å². The number of rotatable bonds is 6. The Bertz CT molecular complexity index is 1430. The number of nitrogens with one attached hydrogen (secondary N) is 1. The lowest BCUT2D eigenvalue weighted by atomic mass is 9.78. The van der Waals surface area contributed by atoms with E-state index in [0.717, 1.165) is 30.1 Å². The Morgan fingerprint density at radius 3 is 2.41 bits per heavy atom. The number of methoxy groups -OCH3 is 1. The van der Waals surface area contributed by atoms with Gasteiger partial charge in [0.15, 0.2) is 5.78 Å². The number of anilines is 3. The quantitative estimate of drug-likeness (QED) is 0.346. The van der Waals surface area contributed by atoms with Crippen LogP contribution in [0.15, 0.2) is 78.0 Å². The number of allylic oxidation sites excluding steroid dienone is 1. The van der Waals surface area contributed by atoms with E-state index in [1.807, 2.05) is 56.3 Å². The topological polar surface area (TPSA) is 102 Å². The van der Waals surface area contributed by atoms with Crippen LogP contribution in [0.25, 0.3) is 0 Å². The molecular formula is C31H33N3O5. The molecule has 0 spiro atoms. The number of Topliss-reactive ketones (excluding diaryl/α,β-unsaturated/α-hetero) is 1. The summed E-state index contributed by atoms with van der Waals surface area (Å²) in [6.07, 6.45) is -0.463. The minimum absolute atomic E-state index is 0.0491. The van der Waals surface area contributed by atoms with Gasteiger partial charge in [0.1, 0.15) is 11.5 Å². The summed E-state index contributed by atoms with van der Waals surface area (Å²) in [6.45, 7) is 5.59. The molecule has 202 valence electrons. The number of phenols is 1. The van der Waals surface area contributed by atoms with E-state index in [-0.39, 0.29) is 23.9 Å². The lowest BCUT2D eigenvalue weighted by Gasteiger charge is -2.34. The molecule has 0 bridgehead atoms. The number of aromatic hydroxyl groups is 1. The molecular weight excluding hydrogens is 494 g/mol. The number of carbonyl (C=O) groups excluding carboxylic acids is 1. The lowest BCUT2D eigenvalue weighted by molar-refractivity contribution is -0.116. The van der Waals surface area contributed by atoms with Crippen LogP contribution >= 0.6 is 0 Å². The van der Waals surface area contributed by atoms with Crippen molar-refractivity contribution < 1.29 is 24.5 Å². The van der Waals surface area contributed by atoms with Crippen molar-refractivity contribution in [1.29, 1.82) is 0 Å². The molecule has 3 N–H and O–H groups in total. The van der Waals surface area contributed by atoms with E-state index in [4.69, 9.17) is 4.74 Å². The van der Waals surface area contributed by atoms with E-state index < -0.39 is 12.1 Å². The highest BCUT2D eigenvalue weighted by molar-refractivity contribution is 6.05. The normalized spacial score (nSPS) is 18.5. The number of fused-ring (bicyclic) bond motifs is 1. The third-order valence-corrected chi connectivity index (χ3v) is 7.72. The van der Waals surface area contributed by atoms with E-state index in [1.54, 1.807) is 31.4 Å². The number of hydrogen-bond donors (Lipinski definition) is 3. The number of carbonyl (C=O) groups is 2. The average Bonchev–Trinajstić information content (AvgIpc) is 3.08. The number of nitrogens with zero attached hydrogens (tertiary/aromatic N) is 2. The SMILES string of the molecule is CCN(CC)c1ccc(C2C3=C(CC(c4ccc(OC)cc4)CC3=O)Nc3ccccc3N2C(=O)O)c(O)c1. The molecule has 3 aromatic rings. The second kappa shape index (κ2) is 10.7. The van der Waals surface area contributed by atoms with Gasteiger partial charge >= 0.3 is 6.09 Å². The van der Waals surface area contributed by atoms with Gasteiger partial charge in [-0.15, -0.1) is 0 Å². The van der Waals surface area contributed by atoms with E-state index in [0.29, 0.717) is 34.6 Å². The summed E-state index contributed by atoms with van der Waals surface area (Å²) in [4.78, 5) is 30.1. The maximum Gasteiger partial charge on any atom is 0.412 e. The Hall–Kier alpha value is -4.46. The number of hydrogen-bond acceptors (Lipinski definition) is 6. The molecule has 2 unspecified atom stereocenters. The maximum atomic E-state index is 13.9. The summed E-state index contributed by atoms with van der Waals surface area (Å²) < 4.78 is 5.29. The molecule has 1 amide bonds. The first-order valence-corrected chi connectivity index (χ1v) is 13.2. The smallest absolute Gasteiger partial charge is 0.412 e. The molecule has 5 rings (SSSR count). The van der Waals surface area contributed by atoms with Gasteiger partial charge in [-0.2, -0.15) is 0 Å². The Balaban J connectivity index is 1.67. The average molecular weight is 528 g/mol. The summed E-state index contributed by atoms with van der Waals surface area (Å²) >= 11 is 0. The zero-order valence-electron chi connectivity index (χ0n) is 22.3. The number of ether oxygens (including phenoxy) is 1. The van der Waals surface area contributed by atoms with Crippen molar-refractivity contribution >= 4 is 28.9 Å². The van der Waals surface area contributed by atoms with Crippen molar-refractivity contribution in [2.45, 2.75) is 38.6 Å². The van der Waals surface area contributed by atoms with Crippen LogP contribution in [-0.2, 0) is 4.79 Å². The van der Waals surface area contributed by atoms with Gasteiger partial charge in [-0.3, -0.25) is 9.69 Å². The van der Waals surface area contributed by atoms with Gasteiger partial charge in [0.2, 0.25) is 0 Å². The Morgan fingerprint density at radius 1 is 1.05 bits per heavy atom. The molecule has 2 aliphatic rings. The Morgan fingerprint density at radius 2 is 1.77 bits per heavy atom. The fraction of sp³-hybridized carbons (Fsp3) is 0.290. The summed E-state index contributed by atoms with van der Waals surface area (Å²) in [6, 6.07) is 19.1. The van der Waals surface area contributed by atoms with Gasteiger partial charge in [0.05, 0.1) is 24.5 Å². The summed E-state index contributed by atoms with van der Waals surface area (Å²) in [5.74, 6) is 0.452. The van der Waals surface area contributed by atoms with Crippen molar-refractivity contribution in [3.63, 3.8) is 0 Å². The minimum Gasteiger partial charge on any atom is -0.507 e. The van der Waals surface area contributed by atoms with E-state index in [2.05, 4.69) is 10.2 Å². The zero-order chi connectivity index (χ0) is 27.7. The van der Waals surface area contributed by atoms with Gasteiger partial charge in [-0.05, 0) is 62.1 Å². The van der Waals surface area contributed by atoms with Gasteiger partial charge in [0.25, 0.3) is 0 Å². The molecule has 0 saturated carbocycles. The monoisotopic (exact) mass is 527 g/mol. The number of carboxylic acid groups (broad SMARTS) is 1. The minimum atomic E-state index is -1.21. The maximum absolute atomic E-state index is 13.9. The van der Waals surface area contributed by atoms with E-state index in [1.165, 1.54) is 4.90 Å². The molecule has 1 aliphatic heterocycles. The second-order valence-electron chi connectivity index (χ2n) is 9.81. The van der Waals surface area contributed by atoms with Gasteiger partial charge in [-0.1, -0.05) is 30.3 Å². The highest BCUT2D eigenvalue weighted by Crippen LogP contribution is 2.49. The number of benzene rings is 3. The molecule has 2 atom stereocenters. The number of amides is 1. The predicted molar refractivity (Wildman–Crippen MR) is 152 cm³/mol. The molecule has 8 nitrogen and oxygen atoms in total. The lowest BCUT2D eigenvalue weighted by Crippen LogP contribution is -2.37. The van der Waals surface area contributed by atoms with Crippen LogP contribution in [0, 0.1) is 0 Å². The largest absolute Gasteiger partial charge is 0.507 e. The zero-order valence-corrected chi connectivity index (χ0v) is 22.3. The molecule has 1 aliphatic carbocycles. The summed E-state index contributed by atoms with van der Waals surface area (Å²) in [7, 11) is 1.61. The first-order valence-electron chi connectivity index (χ1n) is 13.2. The van der Waals surface area contributed by atoms with Gasteiger partial charge in [0, 0.05) is 48.1 Å². The number of para-hydroxylation sites is 2. The molecule has 0 aromatic heterocycles. The van der Waals surface area contributed by atoms with Crippen LogP contribution in [0.1, 0.15) is 49.8 Å². The van der Waals surface area contributed by atoms with Gasteiger partial charge < -0.3 is 25.2 Å². The molecule has 8 heteroatoms. The van der Waals surface area contributed by atoms with Crippen molar-refractivity contribution in [2.75, 3.05) is 35.3 Å². The van der Waals surface area contributed by atoms with Crippen LogP contribution in [0.4, 0.5) is 21.9 Å². The van der Waals surface area contributed by atoms with Crippen LogP contribution in [0.2, 0.25) is 0 Å². The summed E-state index contributed by atoms with van der Waals surface area (Å²) in [5.41, 5.74) is 4.26. The Kier molecular flexibility index (Phi) is 7.19. The number of ketones is 1. The molecule has 0 saturated heterocycles. The third-order valence-electron chi connectivity index (χ3n) is 7.72. The van der Waals surface area contributed by atoms with Crippen molar-refractivity contribution in [1.82, 2.24) is 0 Å². The Labute approximate surface area is 228 Å². The number of phenolic OH excluding ortho intramolecular Hbond substituents is 1. The van der Waals surface area contributed by atoms with Crippen LogP contribution < -0.4 is 19.9 Å². The third kappa shape index (κ3) is 4.78. The highest BCUT2D eigenvalue weighted by atomic mass is 16.5. The van der Waals surface area contributed by atoms with Crippen molar-refractivity contribution in [3.8, 4) is 11.5 Å². The molecule has 3 aromatic carbocycles. The predicted octanol–water partition coefficient (Wildman–Crippen LogP) is 6.30.